The Morgan fingerprint density at radius 1 is 0.255 bits per heavy atom. The van der Waals surface area contributed by atoms with Crippen LogP contribution in [0.5, 0.6) is 0 Å². The number of fused-ring (bicyclic) bond motifs is 12. The number of benzene rings is 11. The maximum atomic E-state index is 2.42. The van der Waals surface area contributed by atoms with Crippen LogP contribution in [0, 0.1) is 0 Å². The standard InChI is InChI=1S/C54H32S/c1-2-12-33(13-3-1)51-43-18-8-10-20-45(43)52(46-21-11-9-19-44(46)51)40-25-24-36-28-37(22-23-38(36)29-40)39-26-27-47-48(30-39)41-16-6-7-17-42(41)53-49-31-34-14-4-5-15-35(34)32-50(49)55-54(47)53/h1-32H. The van der Waals surface area contributed by atoms with Gasteiger partial charge in [-0.3, -0.25) is 0 Å². The van der Waals surface area contributed by atoms with Crippen molar-refractivity contribution in [2.75, 3.05) is 0 Å². The average molecular weight is 713 g/mol. The SMILES string of the molecule is c1ccc(-c2c3ccccc3c(-c3ccc4cc(-c5ccc6c(c5)c5ccccc5c5c7cc8ccccc8cc7sc65)ccc4c3)c3ccccc23)cc1. The van der Waals surface area contributed by atoms with Crippen molar-refractivity contribution in [3.8, 4) is 33.4 Å². The van der Waals surface area contributed by atoms with E-state index >= 15 is 0 Å². The van der Waals surface area contributed by atoms with Gasteiger partial charge in [0.25, 0.3) is 0 Å². The summed E-state index contributed by atoms with van der Waals surface area (Å²) < 4.78 is 2.71. The van der Waals surface area contributed by atoms with Crippen LogP contribution in [0.1, 0.15) is 0 Å². The molecular formula is C54H32S. The Morgan fingerprint density at radius 2 is 0.745 bits per heavy atom. The van der Waals surface area contributed by atoms with Gasteiger partial charge >= 0.3 is 0 Å². The average Bonchev–Trinajstić information content (AvgIpc) is 3.63. The molecule has 0 atom stereocenters. The zero-order chi connectivity index (χ0) is 36.0. The van der Waals surface area contributed by atoms with Crippen molar-refractivity contribution < 1.29 is 0 Å². The highest BCUT2D eigenvalue weighted by atomic mass is 32.1. The molecule has 12 aromatic rings. The molecular weight excluding hydrogens is 681 g/mol. The van der Waals surface area contributed by atoms with E-state index in [9.17, 15) is 0 Å². The number of hydrogen-bond acceptors (Lipinski definition) is 1. The van der Waals surface area contributed by atoms with Crippen LogP contribution < -0.4 is 0 Å². The van der Waals surface area contributed by atoms with Crippen LogP contribution in [0.4, 0.5) is 0 Å². The molecule has 0 N–H and O–H groups in total. The zero-order valence-electron chi connectivity index (χ0n) is 29.9. The van der Waals surface area contributed by atoms with Crippen molar-refractivity contribution in [1.29, 1.82) is 0 Å². The molecule has 0 amide bonds. The van der Waals surface area contributed by atoms with Crippen molar-refractivity contribution >= 4 is 96.1 Å². The Bertz CT molecular complexity index is 3480. The van der Waals surface area contributed by atoms with E-state index in [0.29, 0.717) is 0 Å². The summed E-state index contributed by atoms with van der Waals surface area (Å²) in [5, 5.41) is 18.2. The normalized spacial score (nSPS) is 12.0. The molecule has 0 nitrogen and oxygen atoms in total. The molecule has 0 aliphatic heterocycles. The predicted molar refractivity (Wildman–Crippen MR) is 241 cm³/mol. The molecule has 0 aliphatic rings. The van der Waals surface area contributed by atoms with Gasteiger partial charge in [0.2, 0.25) is 0 Å². The topological polar surface area (TPSA) is 0 Å². The fraction of sp³-hybridized carbons (Fsp3) is 0. The smallest absolute Gasteiger partial charge is 0.0440 e. The molecule has 11 aromatic carbocycles. The van der Waals surface area contributed by atoms with Gasteiger partial charge in [-0.15, -0.1) is 11.3 Å². The largest absolute Gasteiger partial charge is 0.134 e. The molecule has 55 heavy (non-hydrogen) atoms. The minimum Gasteiger partial charge on any atom is -0.134 e. The van der Waals surface area contributed by atoms with Gasteiger partial charge in [0.05, 0.1) is 0 Å². The number of hydrogen-bond donors (Lipinski definition) is 0. The molecule has 1 heteroatoms. The summed E-state index contributed by atoms with van der Waals surface area (Å²) in [5.74, 6) is 0. The van der Waals surface area contributed by atoms with Gasteiger partial charge in [0.1, 0.15) is 0 Å². The van der Waals surface area contributed by atoms with E-state index in [0.717, 1.165) is 0 Å². The second-order valence-electron chi connectivity index (χ2n) is 14.8. The Hall–Kier alpha value is -6.80. The van der Waals surface area contributed by atoms with Crippen LogP contribution >= 0.6 is 11.3 Å². The molecule has 0 radical (unpaired) electrons. The third-order valence-electron chi connectivity index (χ3n) is 11.8. The molecule has 0 spiro atoms. The lowest BCUT2D eigenvalue weighted by molar-refractivity contribution is 1.66. The van der Waals surface area contributed by atoms with Crippen LogP contribution in [0.2, 0.25) is 0 Å². The summed E-state index contributed by atoms with van der Waals surface area (Å²) in [7, 11) is 0. The lowest BCUT2D eigenvalue weighted by atomic mass is 9.85. The van der Waals surface area contributed by atoms with E-state index in [-0.39, 0.29) is 0 Å². The zero-order valence-corrected chi connectivity index (χ0v) is 30.7. The number of thiophene rings is 1. The minimum absolute atomic E-state index is 1.23. The first-order chi connectivity index (χ1) is 27.3. The van der Waals surface area contributed by atoms with Crippen LogP contribution in [0.25, 0.3) is 118 Å². The molecule has 1 aromatic heterocycles. The summed E-state index contributed by atoms with van der Waals surface area (Å²) in [4.78, 5) is 0. The number of rotatable bonds is 3. The highest BCUT2D eigenvalue weighted by Crippen LogP contribution is 2.47. The van der Waals surface area contributed by atoms with E-state index in [4.69, 9.17) is 0 Å². The Kier molecular flexibility index (Phi) is 6.60. The van der Waals surface area contributed by atoms with Crippen LogP contribution in [0.3, 0.4) is 0 Å². The quantitative estimate of drug-likeness (QED) is 0.126. The van der Waals surface area contributed by atoms with E-state index in [1.807, 2.05) is 11.3 Å². The van der Waals surface area contributed by atoms with Crippen LogP contribution in [0.15, 0.2) is 194 Å². The minimum atomic E-state index is 1.23. The van der Waals surface area contributed by atoms with Crippen molar-refractivity contribution in [3.05, 3.63) is 194 Å². The predicted octanol–water partition coefficient (Wildman–Crippen LogP) is 16.0. The lowest BCUT2D eigenvalue weighted by Crippen LogP contribution is -1.90. The van der Waals surface area contributed by atoms with Crippen molar-refractivity contribution in [3.63, 3.8) is 0 Å². The van der Waals surface area contributed by atoms with Gasteiger partial charge in [-0.25, -0.2) is 0 Å². The molecule has 1 heterocycles. The summed E-state index contributed by atoms with van der Waals surface area (Å²) in [6.45, 7) is 0. The second-order valence-corrected chi connectivity index (χ2v) is 15.8. The monoisotopic (exact) mass is 712 g/mol. The Balaban J connectivity index is 1.01. The summed E-state index contributed by atoms with van der Waals surface area (Å²) in [6, 6.07) is 72.1. The van der Waals surface area contributed by atoms with Gasteiger partial charge in [0.15, 0.2) is 0 Å². The maximum absolute atomic E-state index is 2.42. The molecule has 0 aliphatic carbocycles. The van der Waals surface area contributed by atoms with Crippen molar-refractivity contribution in [1.82, 2.24) is 0 Å². The van der Waals surface area contributed by atoms with Gasteiger partial charge < -0.3 is 0 Å². The van der Waals surface area contributed by atoms with E-state index in [2.05, 4.69) is 194 Å². The molecule has 0 saturated heterocycles. The first-order valence-corrected chi connectivity index (χ1v) is 19.8. The molecule has 12 rings (SSSR count). The molecule has 0 saturated carbocycles. The second kappa shape index (κ2) is 11.9. The van der Waals surface area contributed by atoms with E-state index < -0.39 is 0 Å². The van der Waals surface area contributed by atoms with E-state index in [1.54, 1.807) is 0 Å². The summed E-state index contributed by atoms with van der Waals surface area (Å²) >= 11 is 1.92. The van der Waals surface area contributed by atoms with Gasteiger partial charge in [0, 0.05) is 25.6 Å². The van der Waals surface area contributed by atoms with Crippen LogP contribution in [-0.2, 0) is 0 Å². The van der Waals surface area contributed by atoms with Gasteiger partial charge in [-0.1, -0.05) is 164 Å². The molecule has 254 valence electrons. The van der Waals surface area contributed by atoms with Crippen molar-refractivity contribution in [2.24, 2.45) is 0 Å². The third-order valence-corrected chi connectivity index (χ3v) is 12.9. The Morgan fingerprint density at radius 3 is 1.44 bits per heavy atom. The molecule has 0 unspecified atom stereocenters. The summed E-state index contributed by atoms with van der Waals surface area (Å²) in [5.41, 5.74) is 7.55. The molecule has 0 bridgehead atoms. The first-order valence-electron chi connectivity index (χ1n) is 19.0. The van der Waals surface area contributed by atoms with E-state index in [1.165, 1.54) is 118 Å². The van der Waals surface area contributed by atoms with Gasteiger partial charge in [-0.05, 0) is 123 Å². The lowest BCUT2D eigenvalue weighted by Gasteiger charge is -2.18. The fourth-order valence-corrected chi connectivity index (χ4v) is 10.5. The van der Waals surface area contributed by atoms with Gasteiger partial charge in [-0.2, -0.15) is 0 Å². The first kappa shape index (κ1) is 30.6. The summed E-state index contributed by atoms with van der Waals surface area (Å²) in [6.07, 6.45) is 0. The maximum Gasteiger partial charge on any atom is 0.0440 e. The Labute approximate surface area is 322 Å². The highest BCUT2D eigenvalue weighted by molar-refractivity contribution is 7.27. The third kappa shape index (κ3) is 4.64. The molecule has 0 fully saturated rings. The highest BCUT2D eigenvalue weighted by Gasteiger charge is 2.18. The van der Waals surface area contributed by atoms with Crippen molar-refractivity contribution in [2.45, 2.75) is 0 Å². The fourth-order valence-electron chi connectivity index (χ4n) is 9.26. The van der Waals surface area contributed by atoms with Crippen LogP contribution in [-0.4, -0.2) is 0 Å².